The molecule has 1 saturated heterocycles. The fraction of sp³-hybridized carbons (Fsp3) is 0.185. The number of pyridine rings is 1. The minimum atomic E-state index is -5.80. The Morgan fingerprint density at radius 3 is 2.20 bits per heavy atom. The van der Waals surface area contributed by atoms with E-state index in [1.165, 1.54) is 35.9 Å². The molecule has 230 valence electrons. The SMILES string of the molecule is O=C1[C@@H](Cc2csc3ccccc23)[N+](Cc2ccncc2)(OC(=O)C(F)(F)F)C(=O)N1c1ccc(S(=O)(=O)C(F)(F)F)cc1. The molecule has 1 aliphatic heterocycles. The molecule has 0 bridgehead atoms. The van der Waals surface area contributed by atoms with Crippen LogP contribution in [-0.2, 0) is 37.2 Å². The Balaban J connectivity index is 1.66. The number of amides is 3. The zero-order chi connectivity index (χ0) is 32.1. The van der Waals surface area contributed by atoms with Gasteiger partial charge >= 0.3 is 29.6 Å². The summed E-state index contributed by atoms with van der Waals surface area (Å²) in [5, 5.41) is 2.26. The Morgan fingerprint density at radius 1 is 0.955 bits per heavy atom. The monoisotopic (exact) mass is 658 g/mol. The first-order valence-electron chi connectivity index (χ1n) is 12.4. The number of quaternary nitrogens is 1. The molecule has 0 N–H and O–H groups in total. The average molecular weight is 659 g/mol. The van der Waals surface area contributed by atoms with E-state index in [-0.39, 0.29) is 12.0 Å². The molecule has 44 heavy (non-hydrogen) atoms. The van der Waals surface area contributed by atoms with Gasteiger partial charge in [-0.15, -0.1) is 11.3 Å². The predicted molar refractivity (Wildman–Crippen MR) is 142 cm³/mol. The number of thiophene rings is 1. The number of hydrogen-bond acceptors (Lipinski definition) is 8. The van der Waals surface area contributed by atoms with E-state index in [1.807, 2.05) is 0 Å². The van der Waals surface area contributed by atoms with Gasteiger partial charge in [0.15, 0.2) is 6.54 Å². The number of aromatic nitrogens is 1. The van der Waals surface area contributed by atoms with E-state index in [4.69, 9.17) is 4.84 Å². The van der Waals surface area contributed by atoms with E-state index < -0.39 is 67.2 Å². The lowest BCUT2D eigenvalue weighted by Crippen LogP contribution is -2.58. The molecule has 0 saturated carbocycles. The molecule has 0 spiro atoms. The Labute approximate surface area is 248 Å². The second kappa shape index (κ2) is 11.0. The maximum Gasteiger partial charge on any atom is 0.501 e. The maximum absolute atomic E-state index is 14.1. The second-order valence-electron chi connectivity index (χ2n) is 9.56. The lowest BCUT2D eigenvalue weighted by atomic mass is 10.0. The highest BCUT2D eigenvalue weighted by molar-refractivity contribution is 7.92. The van der Waals surface area contributed by atoms with Crippen LogP contribution in [-0.4, -0.2) is 53.7 Å². The number of carbonyl (C=O) groups excluding carboxylic acids is 3. The summed E-state index contributed by atoms with van der Waals surface area (Å²) in [6.07, 6.45) is -3.44. The second-order valence-corrected chi connectivity index (χ2v) is 12.4. The van der Waals surface area contributed by atoms with Crippen LogP contribution >= 0.6 is 11.3 Å². The zero-order valence-corrected chi connectivity index (χ0v) is 23.5. The molecule has 1 aliphatic rings. The molecule has 17 heteroatoms. The van der Waals surface area contributed by atoms with Gasteiger partial charge in [-0.1, -0.05) is 18.2 Å². The molecule has 9 nitrogen and oxygen atoms in total. The first-order chi connectivity index (χ1) is 20.6. The summed E-state index contributed by atoms with van der Waals surface area (Å²) < 4.78 is 102. The number of anilines is 1. The van der Waals surface area contributed by atoms with Crippen LogP contribution in [0.2, 0.25) is 0 Å². The van der Waals surface area contributed by atoms with Crippen molar-refractivity contribution in [3.63, 3.8) is 0 Å². The molecular weight excluding hydrogens is 640 g/mol. The van der Waals surface area contributed by atoms with E-state index in [9.17, 15) is 49.1 Å². The van der Waals surface area contributed by atoms with Crippen LogP contribution in [0.5, 0.6) is 0 Å². The highest BCUT2D eigenvalue weighted by Gasteiger charge is 2.67. The number of sulfone groups is 1. The molecule has 2 aromatic heterocycles. The number of rotatable bonds is 7. The molecular formula is C27H18F6N3O6S2+. The Kier molecular flexibility index (Phi) is 7.75. The van der Waals surface area contributed by atoms with Crippen LogP contribution in [0.4, 0.5) is 36.8 Å². The third kappa shape index (κ3) is 5.41. The van der Waals surface area contributed by atoms with Gasteiger partial charge in [0.1, 0.15) is 0 Å². The first-order valence-corrected chi connectivity index (χ1v) is 14.7. The molecule has 2 aromatic carbocycles. The van der Waals surface area contributed by atoms with Gasteiger partial charge in [-0.25, -0.2) is 18.0 Å². The number of nitrogens with zero attached hydrogens (tertiary/aromatic N) is 3. The summed E-state index contributed by atoms with van der Waals surface area (Å²) in [6, 6.07) is 8.74. The quantitative estimate of drug-likeness (QED) is 0.142. The summed E-state index contributed by atoms with van der Waals surface area (Å²) in [5.74, 6) is -3.90. The molecule has 5 rings (SSSR count). The van der Waals surface area contributed by atoms with Crippen LogP contribution in [0.15, 0.2) is 83.3 Å². The number of alkyl halides is 6. The lowest BCUT2D eigenvalue weighted by Gasteiger charge is -2.31. The third-order valence-corrected chi connectivity index (χ3v) is 9.37. The summed E-state index contributed by atoms with van der Waals surface area (Å²) in [6.45, 7) is -0.751. The molecule has 1 unspecified atom stereocenters. The minimum absolute atomic E-state index is 0.157. The number of imide groups is 1. The van der Waals surface area contributed by atoms with Gasteiger partial charge < -0.3 is 0 Å². The van der Waals surface area contributed by atoms with Crippen LogP contribution in [0, 0.1) is 0 Å². The topological polar surface area (TPSA) is 111 Å². The van der Waals surface area contributed by atoms with Crippen LogP contribution < -0.4 is 4.90 Å². The normalized spacial score (nSPS) is 19.5. The summed E-state index contributed by atoms with van der Waals surface area (Å²) in [7, 11) is -5.80. The van der Waals surface area contributed by atoms with E-state index in [0.29, 0.717) is 28.0 Å². The lowest BCUT2D eigenvalue weighted by molar-refractivity contribution is -1.04. The predicted octanol–water partition coefficient (Wildman–Crippen LogP) is 5.71. The fourth-order valence-electron chi connectivity index (χ4n) is 4.78. The first kappa shape index (κ1) is 31.1. The van der Waals surface area contributed by atoms with E-state index in [0.717, 1.165) is 16.8 Å². The van der Waals surface area contributed by atoms with Crippen LogP contribution in [0.25, 0.3) is 10.1 Å². The van der Waals surface area contributed by atoms with E-state index in [2.05, 4.69) is 4.98 Å². The number of halogens is 6. The number of hydrogen-bond donors (Lipinski definition) is 0. The van der Waals surface area contributed by atoms with Crippen molar-refractivity contribution in [3.8, 4) is 0 Å². The minimum Gasteiger partial charge on any atom is -0.267 e. The van der Waals surface area contributed by atoms with Crippen LogP contribution in [0.1, 0.15) is 11.1 Å². The van der Waals surface area contributed by atoms with E-state index >= 15 is 0 Å². The Hall–Kier alpha value is -4.35. The van der Waals surface area contributed by atoms with Gasteiger partial charge in [0, 0.05) is 29.1 Å². The van der Waals surface area contributed by atoms with Gasteiger partial charge in [0.25, 0.3) is 9.84 Å². The zero-order valence-electron chi connectivity index (χ0n) is 21.9. The van der Waals surface area contributed by atoms with Crippen molar-refractivity contribution < 1.29 is 58.6 Å². The summed E-state index contributed by atoms with van der Waals surface area (Å²) >= 11 is 1.26. The third-order valence-electron chi connectivity index (χ3n) is 6.85. The van der Waals surface area contributed by atoms with Gasteiger partial charge in [-0.2, -0.15) is 31.2 Å². The van der Waals surface area contributed by atoms with Gasteiger partial charge in [0.2, 0.25) is 6.04 Å². The van der Waals surface area contributed by atoms with Crippen molar-refractivity contribution in [1.29, 1.82) is 0 Å². The molecule has 2 atom stereocenters. The number of urea groups is 1. The van der Waals surface area contributed by atoms with Gasteiger partial charge in [-0.3, -0.25) is 14.6 Å². The van der Waals surface area contributed by atoms with Crippen molar-refractivity contribution in [2.75, 3.05) is 4.90 Å². The average Bonchev–Trinajstić information content (AvgIpc) is 3.45. The largest absolute Gasteiger partial charge is 0.501 e. The molecule has 1 fully saturated rings. The van der Waals surface area contributed by atoms with Crippen molar-refractivity contribution in [1.82, 2.24) is 4.98 Å². The van der Waals surface area contributed by atoms with Crippen LogP contribution in [0.3, 0.4) is 0 Å². The van der Waals surface area contributed by atoms with Crippen molar-refractivity contribution in [3.05, 3.63) is 89.6 Å². The summed E-state index contributed by atoms with van der Waals surface area (Å²) in [4.78, 5) is 48.2. The molecule has 4 aromatic rings. The smallest absolute Gasteiger partial charge is 0.267 e. The van der Waals surface area contributed by atoms with Crippen molar-refractivity contribution in [2.45, 2.75) is 35.6 Å². The Bertz CT molecular complexity index is 1860. The van der Waals surface area contributed by atoms with Crippen molar-refractivity contribution in [2.24, 2.45) is 0 Å². The number of fused-ring (bicyclic) bond motifs is 1. The number of benzene rings is 2. The van der Waals surface area contributed by atoms with Gasteiger partial charge in [-0.05, 0) is 63.4 Å². The molecule has 3 heterocycles. The van der Waals surface area contributed by atoms with Crippen molar-refractivity contribution >= 4 is 54.9 Å². The standard InChI is InChI=1S/C27H18F6N3O6S2/c28-26(29,30)24(38)42-36(14-16-9-11-34-12-10-16)21(13-17-15-43-22-4-2-1-3-20(17)22)23(37)35(25(36)39)18-5-7-19(8-6-18)44(40,41)27(31,32)33/h1-12,15,21H,13-14H2/q+1/t21-,36?/m1/s1. The fourth-order valence-corrected chi connectivity index (χ4v) is 6.51. The molecule has 0 radical (unpaired) electrons. The number of hydroxylamine groups is 3. The summed E-state index contributed by atoms with van der Waals surface area (Å²) in [5.41, 5.74) is -5.50. The van der Waals surface area contributed by atoms with E-state index in [1.54, 1.807) is 29.6 Å². The molecule has 0 aliphatic carbocycles. The Morgan fingerprint density at radius 2 is 1.59 bits per heavy atom. The molecule has 3 amide bonds. The maximum atomic E-state index is 14.1. The highest BCUT2D eigenvalue weighted by Crippen LogP contribution is 2.40. The highest BCUT2D eigenvalue weighted by atomic mass is 32.2. The van der Waals surface area contributed by atoms with Gasteiger partial charge in [0.05, 0.1) is 10.6 Å². The number of carbonyl (C=O) groups is 3.